The number of ether oxygens (including phenoxy) is 1. The summed E-state index contributed by atoms with van der Waals surface area (Å²) in [6.07, 6.45) is 1.70. The lowest BCUT2D eigenvalue weighted by Crippen LogP contribution is -1.94. The molecule has 0 radical (unpaired) electrons. The number of hydrogen-bond donors (Lipinski definition) is 1. The van der Waals surface area contributed by atoms with E-state index in [-0.39, 0.29) is 0 Å². The second kappa shape index (κ2) is 6.72. The van der Waals surface area contributed by atoms with Gasteiger partial charge in [0.05, 0.1) is 23.5 Å². The van der Waals surface area contributed by atoms with Crippen molar-refractivity contribution < 1.29 is 4.74 Å². The maximum Gasteiger partial charge on any atom is 0.203 e. The van der Waals surface area contributed by atoms with E-state index in [4.69, 9.17) is 16.3 Å². The molecule has 2 rings (SSSR count). The lowest BCUT2D eigenvalue weighted by molar-refractivity contribution is 0.340. The number of hydrazone groups is 1. The summed E-state index contributed by atoms with van der Waals surface area (Å²) in [4.78, 5) is 5.53. The lowest BCUT2D eigenvalue weighted by Gasteiger charge is -2.05. The van der Waals surface area contributed by atoms with E-state index in [1.54, 1.807) is 17.6 Å². The summed E-state index contributed by atoms with van der Waals surface area (Å²) >= 11 is 7.69. The molecule has 1 aromatic heterocycles. The van der Waals surface area contributed by atoms with Crippen molar-refractivity contribution in [1.29, 1.82) is 0 Å². The van der Waals surface area contributed by atoms with E-state index in [1.807, 2.05) is 39.0 Å². The van der Waals surface area contributed by atoms with Crippen molar-refractivity contribution in [3.8, 4) is 5.75 Å². The standard InChI is InChI=1S/C14H16ClN3OS/c1-4-19-13-6-5-11(7-12(13)15)8-16-18-14-17-9(2)10(3)20-14/h5-8H,4H2,1-3H3,(H,17,18)/b16-8-. The number of thiazole rings is 1. The van der Waals surface area contributed by atoms with Gasteiger partial charge in [-0.2, -0.15) is 5.10 Å². The number of benzene rings is 1. The van der Waals surface area contributed by atoms with Crippen LogP contribution in [-0.4, -0.2) is 17.8 Å². The van der Waals surface area contributed by atoms with Crippen molar-refractivity contribution in [3.63, 3.8) is 0 Å². The zero-order valence-electron chi connectivity index (χ0n) is 11.6. The Morgan fingerprint density at radius 3 is 2.85 bits per heavy atom. The molecule has 0 bridgehead atoms. The topological polar surface area (TPSA) is 46.5 Å². The van der Waals surface area contributed by atoms with Gasteiger partial charge in [-0.1, -0.05) is 11.6 Å². The quantitative estimate of drug-likeness (QED) is 0.663. The Labute approximate surface area is 127 Å². The highest BCUT2D eigenvalue weighted by Gasteiger charge is 2.02. The predicted molar refractivity (Wildman–Crippen MR) is 85.4 cm³/mol. The van der Waals surface area contributed by atoms with Crippen molar-refractivity contribution in [2.75, 3.05) is 12.0 Å². The van der Waals surface area contributed by atoms with Crippen molar-refractivity contribution in [1.82, 2.24) is 4.98 Å². The molecular weight excluding hydrogens is 294 g/mol. The van der Waals surface area contributed by atoms with Crippen LogP contribution in [0.3, 0.4) is 0 Å². The highest BCUT2D eigenvalue weighted by molar-refractivity contribution is 7.15. The minimum absolute atomic E-state index is 0.580. The van der Waals surface area contributed by atoms with Gasteiger partial charge < -0.3 is 4.74 Å². The van der Waals surface area contributed by atoms with E-state index in [9.17, 15) is 0 Å². The molecule has 20 heavy (non-hydrogen) atoms. The SMILES string of the molecule is CCOc1ccc(/C=N\Nc2nc(C)c(C)s2)cc1Cl. The van der Waals surface area contributed by atoms with Gasteiger partial charge in [0.2, 0.25) is 5.13 Å². The molecule has 0 atom stereocenters. The lowest BCUT2D eigenvalue weighted by atomic mass is 10.2. The van der Waals surface area contributed by atoms with Crippen LogP contribution in [0.5, 0.6) is 5.75 Å². The molecule has 0 aliphatic rings. The molecular formula is C14H16ClN3OS. The molecule has 1 aromatic carbocycles. The molecule has 1 N–H and O–H groups in total. The molecule has 0 amide bonds. The first-order valence-corrected chi connectivity index (χ1v) is 7.45. The molecule has 106 valence electrons. The van der Waals surface area contributed by atoms with Gasteiger partial charge >= 0.3 is 0 Å². The second-order valence-corrected chi connectivity index (χ2v) is 5.76. The molecule has 4 nitrogen and oxygen atoms in total. The van der Waals surface area contributed by atoms with Crippen LogP contribution in [0.2, 0.25) is 5.02 Å². The molecule has 1 heterocycles. The molecule has 0 fully saturated rings. The fourth-order valence-corrected chi connectivity index (χ4v) is 2.56. The molecule has 0 aliphatic carbocycles. The number of rotatable bonds is 5. The van der Waals surface area contributed by atoms with Gasteiger partial charge in [0.1, 0.15) is 5.75 Å². The Hall–Kier alpha value is -1.59. The van der Waals surface area contributed by atoms with E-state index < -0.39 is 0 Å². The number of nitrogens with one attached hydrogen (secondary N) is 1. The van der Waals surface area contributed by atoms with Gasteiger partial charge in [0, 0.05) is 4.88 Å². The summed E-state index contributed by atoms with van der Waals surface area (Å²) in [7, 11) is 0. The van der Waals surface area contributed by atoms with E-state index in [1.165, 1.54) is 4.88 Å². The second-order valence-electron chi connectivity index (χ2n) is 4.15. The summed E-state index contributed by atoms with van der Waals surface area (Å²) in [5.74, 6) is 0.686. The fourth-order valence-electron chi connectivity index (χ4n) is 1.55. The van der Waals surface area contributed by atoms with Gasteiger partial charge in [-0.3, -0.25) is 5.43 Å². The summed E-state index contributed by atoms with van der Waals surface area (Å²) in [5, 5.41) is 5.52. The van der Waals surface area contributed by atoms with Crippen molar-refractivity contribution >= 4 is 34.3 Å². The van der Waals surface area contributed by atoms with Crippen LogP contribution in [-0.2, 0) is 0 Å². The first-order valence-electron chi connectivity index (χ1n) is 6.25. The number of nitrogens with zero attached hydrogens (tertiary/aromatic N) is 2. The zero-order chi connectivity index (χ0) is 14.5. The van der Waals surface area contributed by atoms with Crippen LogP contribution in [0.1, 0.15) is 23.1 Å². The van der Waals surface area contributed by atoms with Crippen LogP contribution in [0, 0.1) is 13.8 Å². The van der Waals surface area contributed by atoms with Gasteiger partial charge in [-0.25, -0.2) is 4.98 Å². The third kappa shape index (κ3) is 3.71. The summed E-state index contributed by atoms with van der Waals surface area (Å²) in [6.45, 7) is 6.53. The Morgan fingerprint density at radius 1 is 1.45 bits per heavy atom. The Kier molecular flexibility index (Phi) is 4.98. The average molecular weight is 310 g/mol. The van der Waals surface area contributed by atoms with E-state index in [0.717, 1.165) is 16.4 Å². The van der Waals surface area contributed by atoms with E-state index >= 15 is 0 Å². The van der Waals surface area contributed by atoms with Crippen molar-refractivity contribution in [3.05, 3.63) is 39.4 Å². The number of halogens is 1. The van der Waals surface area contributed by atoms with Crippen molar-refractivity contribution in [2.45, 2.75) is 20.8 Å². The number of hydrogen-bond acceptors (Lipinski definition) is 5. The van der Waals surface area contributed by atoms with Gasteiger partial charge in [-0.05, 0) is 44.5 Å². The van der Waals surface area contributed by atoms with Crippen LogP contribution >= 0.6 is 22.9 Å². The van der Waals surface area contributed by atoms with Crippen LogP contribution in [0.25, 0.3) is 0 Å². The molecule has 6 heteroatoms. The largest absolute Gasteiger partial charge is 0.492 e. The number of aromatic nitrogens is 1. The monoisotopic (exact) mass is 309 g/mol. The maximum atomic E-state index is 6.11. The zero-order valence-corrected chi connectivity index (χ0v) is 13.2. The Morgan fingerprint density at radius 2 is 2.25 bits per heavy atom. The maximum absolute atomic E-state index is 6.11. The number of anilines is 1. The Bertz CT molecular complexity index is 605. The van der Waals surface area contributed by atoms with Crippen LogP contribution in [0.15, 0.2) is 23.3 Å². The third-order valence-corrected chi connectivity index (χ3v) is 3.93. The van der Waals surface area contributed by atoms with Gasteiger partial charge in [-0.15, -0.1) is 11.3 Å². The average Bonchev–Trinajstić information content (AvgIpc) is 2.72. The predicted octanol–water partition coefficient (Wildman–Crippen LogP) is 4.26. The molecule has 0 saturated carbocycles. The smallest absolute Gasteiger partial charge is 0.203 e. The Balaban J connectivity index is 2.02. The van der Waals surface area contributed by atoms with Crippen LogP contribution < -0.4 is 10.2 Å². The third-order valence-electron chi connectivity index (χ3n) is 2.66. The molecule has 0 saturated heterocycles. The van der Waals surface area contributed by atoms with Gasteiger partial charge in [0.15, 0.2) is 0 Å². The first-order chi connectivity index (χ1) is 9.60. The minimum atomic E-state index is 0.580. The van der Waals surface area contributed by atoms with E-state index in [0.29, 0.717) is 17.4 Å². The highest BCUT2D eigenvalue weighted by atomic mass is 35.5. The van der Waals surface area contributed by atoms with E-state index in [2.05, 4.69) is 15.5 Å². The normalized spacial score (nSPS) is 11.0. The molecule has 0 aliphatic heterocycles. The molecule has 0 unspecified atom stereocenters. The number of aryl methyl sites for hydroxylation is 2. The first kappa shape index (κ1) is 14.8. The van der Waals surface area contributed by atoms with Crippen molar-refractivity contribution in [2.24, 2.45) is 5.10 Å². The summed E-state index contributed by atoms with van der Waals surface area (Å²) < 4.78 is 5.38. The fraction of sp³-hybridized carbons (Fsp3) is 0.286. The molecule has 0 spiro atoms. The highest BCUT2D eigenvalue weighted by Crippen LogP contribution is 2.25. The van der Waals surface area contributed by atoms with Gasteiger partial charge in [0.25, 0.3) is 0 Å². The minimum Gasteiger partial charge on any atom is -0.492 e. The summed E-state index contributed by atoms with van der Waals surface area (Å²) in [6, 6.07) is 5.56. The summed E-state index contributed by atoms with van der Waals surface area (Å²) in [5.41, 5.74) is 4.84. The van der Waals surface area contributed by atoms with Crippen LogP contribution in [0.4, 0.5) is 5.13 Å². The molecule has 2 aromatic rings.